The van der Waals surface area contributed by atoms with Gasteiger partial charge in [-0.2, -0.15) is 11.8 Å². The molecular formula is C24H33ClLiNO4S. The second-order valence-electron chi connectivity index (χ2n) is 8.16. The maximum atomic E-state index is 12.2. The van der Waals surface area contributed by atoms with Crippen LogP contribution in [-0.4, -0.2) is 40.8 Å². The Morgan fingerprint density at radius 2 is 2.00 bits per heavy atom. The molecule has 0 saturated carbocycles. The number of hydrogen-bond donors (Lipinski definition) is 2. The molecule has 1 heterocycles. The number of carbonyl (C=O) groups is 1. The van der Waals surface area contributed by atoms with Gasteiger partial charge in [0.15, 0.2) is 5.78 Å². The van der Waals surface area contributed by atoms with Crippen LogP contribution in [0.2, 0.25) is 5.02 Å². The van der Waals surface area contributed by atoms with E-state index in [2.05, 4.69) is 0 Å². The number of nitrogens with one attached hydrogen (secondary N) is 1. The number of aliphatic hydroxyl groups is 1. The monoisotopic (exact) mass is 473 g/mol. The third kappa shape index (κ3) is 9.15. The molecule has 172 valence electrons. The average molecular weight is 474 g/mol. The Morgan fingerprint density at radius 3 is 2.53 bits per heavy atom. The first-order chi connectivity index (χ1) is 14.8. The summed E-state index contributed by atoms with van der Waals surface area (Å²) < 4.78 is 5.31. The number of thioether (sulfide) groups is 1. The average Bonchev–Trinajstić information content (AvgIpc) is 2.76. The van der Waals surface area contributed by atoms with Gasteiger partial charge in [-0.1, -0.05) is 24.9 Å². The molecule has 8 heteroatoms. The van der Waals surface area contributed by atoms with E-state index in [4.69, 9.17) is 26.9 Å². The molecule has 1 saturated heterocycles. The molecule has 0 aromatic heterocycles. The predicted molar refractivity (Wildman–Crippen MR) is 126 cm³/mol. The number of ketones is 1. The zero-order valence-electron chi connectivity index (χ0n) is 19.4. The summed E-state index contributed by atoms with van der Waals surface area (Å²) in [5.74, 6) is 3.63. The van der Waals surface area contributed by atoms with Crippen molar-refractivity contribution in [2.45, 2.75) is 58.5 Å². The number of carbonyl (C=O) groups excluding carboxylic acids is 1. The second-order valence-corrected chi connectivity index (χ2v) is 9.75. The molecule has 3 unspecified atom stereocenters. The SMILES string of the molecule is CC(CO)Oc1ccc(Cl)cc1.CCCC(=N)C1=C([O-])CC(C2CCCSC2)CC1=O.[Li+]. The van der Waals surface area contributed by atoms with Crippen LogP contribution < -0.4 is 28.7 Å². The van der Waals surface area contributed by atoms with E-state index in [-0.39, 0.29) is 60.3 Å². The van der Waals surface area contributed by atoms with Crippen molar-refractivity contribution in [3.8, 4) is 5.75 Å². The van der Waals surface area contributed by atoms with Crippen LogP contribution in [0.1, 0.15) is 52.4 Å². The molecule has 1 aromatic carbocycles. The van der Waals surface area contributed by atoms with E-state index in [9.17, 15) is 9.90 Å². The summed E-state index contributed by atoms with van der Waals surface area (Å²) in [6.45, 7) is 3.78. The summed E-state index contributed by atoms with van der Waals surface area (Å²) in [6.07, 6.45) is 4.50. The van der Waals surface area contributed by atoms with Crippen molar-refractivity contribution in [2.75, 3.05) is 18.1 Å². The summed E-state index contributed by atoms with van der Waals surface area (Å²) in [6, 6.07) is 7.05. The van der Waals surface area contributed by atoms with Crippen LogP contribution in [0.4, 0.5) is 0 Å². The van der Waals surface area contributed by atoms with Gasteiger partial charge in [-0.15, -0.1) is 5.76 Å². The molecule has 0 amide bonds. The number of halogens is 1. The summed E-state index contributed by atoms with van der Waals surface area (Å²) in [4.78, 5) is 12.2. The van der Waals surface area contributed by atoms with E-state index in [0.29, 0.717) is 30.2 Å². The molecule has 2 N–H and O–H groups in total. The maximum absolute atomic E-state index is 12.2. The number of ether oxygens (including phenoxy) is 1. The van der Waals surface area contributed by atoms with Crippen LogP contribution in [0.5, 0.6) is 5.75 Å². The van der Waals surface area contributed by atoms with Crippen molar-refractivity contribution in [1.82, 2.24) is 0 Å². The van der Waals surface area contributed by atoms with Gasteiger partial charge in [0.05, 0.1) is 6.61 Å². The molecule has 0 spiro atoms. The van der Waals surface area contributed by atoms with Crippen LogP contribution in [0.25, 0.3) is 0 Å². The van der Waals surface area contributed by atoms with Gasteiger partial charge in [0.2, 0.25) is 0 Å². The number of Topliss-reactive ketones (excluding diaryl/α,β-unsaturated/α-hetero) is 1. The van der Waals surface area contributed by atoms with E-state index >= 15 is 0 Å². The van der Waals surface area contributed by atoms with Crippen molar-refractivity contribution in [1.29, 1.82) is 5.41 Å². The fourth-order valence-electron chi connectivity index (χ4n) is 3.87. The smallest absolute Gasteiger partial charge is 0.875 e. The van der Waals surface area contributed by atoms with Gasteiger partial charge < -0.3 is 20.4 Å². The maximum Gasteiger partial charge on any atom is 1.00 e. The minimum atomic E-state index is -0.175. The predicted octanol–water partition coefficient (Wildman–Crippen LogP) is 1.65. The first-order valence-electron chi connectivity index (χ1n) is 11.0. The van der Waals surface area contributed by atoms with E-state index in [1.54, 1.807) is 31.2 Å². The molecule has 1 aromatic rings. The topological polar surface area (TPSA) is 93.4 Å². The number of allylic oxidation sites excluding steroid dienone is 2. The Hall–Kier alpha value is -0.903. The Labute approximate surface area is 213 Å². The normalized spacial score (nSPS) is 21.7. The van der Waals surface area contributed by atoms with Gasteiger partial charge >= 0.3 is 18.9 Å². The number of aliphatic hydroxyl groups excluding tert-OH is 1. The number of rotatable bonds is 7. The van der Waals surface area contributed by atoms with E-state index in [1.165, 1.54) is 12.2 Å². The van der Waals surface area contributed by atoms with E-state index < -0.39 is 0 Å². The Morgan fingerprint density at radius 1 is 1.31 bits per heavy atom. The van der Waals surface area contributed by atoms with Crippen LogP contribution in [0.15, 0.2) is 35.6 Å². The van der Waals surface area contributed by atoms with Gasteiger partial charge in [0, 0.05) is 22.7 Å². The zero-order valence-corrected chi connectivity index (χ0v) is 20.9. The molecule has 3 atom stereocenters. The van der Waals surface area contributed by atoms with Crippen LogP contribution in [0, 0.1) is 17.2 Å². The Kier molecular flexibility index (Phi) is 13.7. The minimum Gasteiger partial charge on any atom is -0.875 e. The van der Waals surface area contributed by atoms with E-state index in [1.807, 2.05) is 18.7 Å². The molecule has 0 radical (unpaired) electrons. The van der Waals surface area contributed by atoms with Gasteiger partial charge in [-0.3, -0.25) is 4.79 Å². The fourth-order valence-corrected chi connectivity index (χ4v) is 5.28. The molecule has 1 aliphatic heterocycles. The summed E-state index contributed by atoms with van der Waals surface area (Å²) in [5, 5.41) is 29.4. The summed E-state index contributed by atoms with van der Waals surface area (Å²) in [7, 11) is 0. The molecule has 2 aliphatic rings. The Bertz CT molecular complexity index is 766. The molecule has 0 bridgehead atoms. The van der Waals surface area contributed by atoms with Crippen molar-refractivity contribution in [2.24, 2.45) is 11.8 Å². The molecule has 5 nitrogen and oxygen atoms in total. The third-order valence-electron chi connectivity index (χ3n) is 5.52. The molecule has 3 rings (SSSR count). The van der Waals surface area contributed by atoms with Gasteiger partial charge in [-0.05, 0) is 80.2 Å². The quantitative estimate of drug-likeness (QED) is 0.464. The summed E-state index contributed by atoms with van der Waals surface area (Å²) in [5.41, 5.74) is 0.468. The molecular weight excluding hydrogens is 441 g/mol. The standard InChI is InChI=1S/C15H23NO2S.C9H11ClO2.Li/c1-2-4-12(16)15-13(17)7-11(8-14(15)18)10-5-3-6-19-9-10;1-7(6-11)12-9-4-2-8(10)3-5-9;/h10-11,16-17H,2-9H2,1H3;2-5,7,11H,6H2,1H3;/q;;+1/p-1. The summed E-state index contributed by atoms with van der Waals surface area (Å²) >= 11 is 7.62. The van der Waals surface area contributed by atoms with Crippen LogP contribution in [-0.2, 0) is 4.79 Å². The first kappa shape index (κ1) is 29.1. The number of hydrogen-bond acceptors (Lipinski definition) is 6. The van der Waals surface area contributed by atoms with Crippen molar-refractivity contribution >= 4 is 34.9 Å². The first-order valence-corrected chi connectivity index (χ1v) is 12.5. The molecule has 32 heavy (non-hydrogen) atoms. The van der Waals surface area contributed by atoms with Gasteiger partial charge in [0.25, 0.3) is 0 Å². The molecule has 1 aliphatic carbocycles. The van der Waals surface area contributed by atoms with Crippen molar-refractivity contribution in [3.63, 3.8) is 0 Å². The van der Waals surface area contributed by atoms with Crippen LogP contribution in [0.3, 0.4) is 0 Å². The zero-order chi connectivity index (χ0) is 22.8. The Balaban J connectivity index is 0.000000342. The largest absolute Gasteiger partial charge is 1.00 e. The molecule has 1 fully saturated rings. The van der Waals surface area contributed by atoms with Crippen molar-refractivity contribution in [3.05, 3.63) is 40.6 Å². The minimum absolute atomic E-state index is 0. The van der Waals surface area contributed by atoms with Gasteiger partial charge in [0.1, 0.15) is 11.9 Å². The second kappa shape index (κ2) is 15.1. The third-order valence-corrected chi connectivity index (χ3v) is 7.02. The van der Waals surface area contributed by atoms with E-state index in [0.717, 1.165) is 24.3 Å². The number of benzene rings is 1. The van der Waals surface area contributed by atoms with Gasteiger partial charge in [-0.25, -0.2) is 0 Å². The van der Waals surface area contributed by atoms with Crippen molar-refractivity contribution < 1.29 is 38.6 Å². The van der Waals surface area contributed by atoms with Crippen LogP contribution >= 0.6 is 23.4 Å². The fraction of sp³-hybridized carbons (Fsp3) is 0.583.